The van der Waals surface area contributed by atoms with Crippen molar-refractivity contribution < 1.29 is 4.79 Å². The fourth-order valence-electron chi connectivity index (χ4n) is 3.24. The Bertz CT molecular complexity index is 1020. The molecule has 26 heavy (non-hydrogen) atoms. The van der Waals surface area contributed by atoms with Crippen LogP contribution in [-0.4, -0.2) is 51.5 Å². The zero-order chi connectivity index (χ0) is 18.1. The molecule has 0 unspecified atom stereocenters. The van der Waals surface area contributed by atoms with Gasteiger partial charge < -0.3 is 14.4 Å². The quantitative estimate of drug-likeness (QED) is 0.697. The number of hydrogen-bond acceptors (Lipinski definition) is 5. The van der Waals surface area contributed by atoms with Gasteiger partial charge in [0.2, 0.25) is 0 Å². The summed E-state index contributed by atoms with van der Waals surface area (Å²) >= 11 is 0. The Balaban J connectivity index is 1.51. The summed E-state index contributed by atoms with van der Waals surface area (Å²) in [6.07, 6.45) is 5.12. The van der Waals surface area contributed by atoms with E-state index in [1.807, 2.05) is 30.6 Å². The van der Waals surface area contributed by atoms with Crippen LogP contribution in [0.5, 0.6) is 0 Å². The number of piperazine rings is 1. The second-order valence-corrected chi connectivity index (χ2v) is 6.38. The topological polar surface area (TPSA) is 71.3 Å². The van der Waals surface area contributed by atoms with E-state index < -0.39 is 0 Å². The van der Waals surface area contributed by atoms with Crippen LogP contribution in [0.4, 0.5) is 5.69 Å². The number of fused-ring (bicyclic) bond motifs is 1. The summed E-state index contributed by atoms with van der Waals surface area (Å²) in [7, 11) is 1.61. The molecule has 0 radical (unpaired) electrons. The number of benzene rings is 1. The van der Waals surface area contributed by atoms with Crippen LogP contribution in [0.3, 0.4) is 0 Å². The van der Waals surface area contributed by atoms with Crippen LogP contribution in [0.15, 0.2) is 53.8 Å². The molecule has 1 fully saturated rings. The molecule has 1 aromatic carbocycles. The van der Waals surface area contributed by atoms with Crippen LogP contribution in [0, 0.1) is 0 Å². The van der Waals surface area contributed by atoms with E-state index in [9.17, 15) is 9.59 Å². The van der Waals surface area contributed by atoms with Crippen LogP contribution in [0.25, 0.3) is 10.8 Å². The highest BCUT2D eigenvalue weighted by atomic mass is 16.2. The van der Waals surface area contributed by atoms with Crippen LogP contribution < -0.4 is 10.5 Å². The van der Waals surface area contributed by atoms with Crippen molar-refractivity contribution in [3.8, 4) is 0 Å². The highest BCUT2D eigenvalue weighted by Crippen LogP contribution is 2.26. The zero-order valence-electron chi connectivity index (χ0n) is 14.5. The number of nitrogens with zero attached hydrogens (tertiary/aromatic N) is 5. The maximum absolute atomic E-state index is 12.6. The molecule has 3 heterocycles. The first kappa shape index (κ1) is 16.3. The molecule has 0 atom stereocenters. The smallest absolute Gasteiger partial charge is 0.272 e. The number of amides is 1. The Labute approximate surface area is 150 Å². The second kappa shape index (κ2) is 6.59. The molecule has 1 saturated heterocycles. The Kier molecular flexibility index (Phi) is 4.12. The van der Waals surface area contributed by atoms with Crippen LogP contribution in [0.1, 0.15) is 10.5 Å². The molecular formula is C19H19N5O2. The lowest BCUT2D eigenvalue weighted by Gasteiger charge is -2.36. The predicted octanol–water partition coefficient (Wildman–Crippen LogP) is 1.29. The molecule has 7 heteroatoms. The molecule has 0 N–H and O–H groups in total. The number of rotatable bonds is 2. The van der Waals surface area contributed by atoms with E-state index in [4.69, 9.17) is 0 Å². The first-order chi connectivity index (χ1) is 12.6. The molecule has 4 rings (SSSR count). The number of aromatic nitrogens is 3. The number of hydrogen-bond donors (Lipinski definition) is 0. The van der Waals surface area contributed by atoms with Gasteiger partial charge in [0, 0.05) is 56.3 Å². The molecule has 132 valence electrons. The third-order valence-corrected chi connectivity index (χ3v) is 4.75. The first-order valence-corrected chi connectivity index (χ1v) is 8.53. The largest absolute Gasteiger partial charge is 0.366 e. The maximum Gasteiger partial charge on any atom is 0.272 e. The fourth-order valence-corrected chi connectivity index (χ4v) is 3.24. The van der Waals surface area contributed by atoms with E-state index in [2.05, 4.69) is 20.9 Å². The summed E-state index contributed by atoms with van der Waals surface area (Å²) in [5.74, 6) is -0.196. The SMILES string of the molecule is Cn1cnc(C(=O)N2CCN(c3cncc4ccccc34)CC2)cc1=O. The Morgan fingerprint density at radius 3 is 2.62 bits per heavy atom. The van der Waals surface area contributed by atoms with Crippen LogP contribution in [0.2, 0.25) is 0 Å². The van der Waals surface area contributed by atoms with Crippen molar-refractivity contribution in [1.29, 1.82) is 0 Å². The molecule has 0 saturated carbocycles. The lowest BCUT2D eigenvalue weighted by atomic mass is 10.1. The Hall–Kier alpha value is -3.22. The standard InChI is InChI=1S/C19H19N5O2/c1-22-13-21-16(10-18(22)25)19(26)24-8-6-23(7-9-24)17-12-20-11-14-4-2-3-5-15(14)17/h2-5,10-13H,6-9H2,1H3. The maximum atomic E-state index is 12.6. The van der Waals surface area contributed by atoms with Gasteiger partial charge in [-0.25, -0.2) is 4.98 Å². The van der Waals surface area contributed by atoms with Gasteiger partial charge in [-0.05, 0) is 0 Å². The third-order valence-electron chi connectivity index (χ3n) is 4.75. The number of aryl methyl sites for hydroxylation is 1. The highest BCUT2D eigenvalue weighted by molar-refractivity contribution is 5.94. The van der Waals surface area contributed by atoms with Crippen molar-refractivity contribution in [1.82, 2.24) is 19.4 Å². The van der Waals surface area contributed by atoms with E-state index in [1.54, 1.807) is 11.9 Å². The molecule has 1 amide bonds. The monoisotopic (exact) mass is 349 g/mol. The molecule has 2 aromatic heterocycles. The van der Waals surface area contributed by atoms with Crippen molar-refractivity contribution >= 4 is 22.4 Å². The number of anilines is 1. The molecule has 0 spiro atoms. The van der Waals surface area contributed by atoms with Gasteiger partial charge >= 0.3 is 0 Å². The molecule has 3 aromatic rings. The third kappa shape index (κ3) is 2.92. The van der Waals surface area contributed by atoms with Gasteiger partial charge in [0.1, 0.15) is 5.69 Å². The van der Waals surface area contributed by atoms with Gasteiger partial charge in [-0.3, -0.25) is 14.6 Å². The lowest BCUT2D eigenvalue weighted by Crippen LogP contribution is -2.49. The van der Waals surface area contributed by atoms with E-state index in [-0.39, 0.29) is 17.2 Å². The van der Waals surface area contributed by atoms with Gasteiger partial charge in [-0.2, -0.15) is 0 Å². The summed E-state index contributed by atoms with van der Waals surface area (Å²) in [5.41, 5.74) is 1.05. The summed E-state index contributed by atoms with van der Waals surface area (Å²) in [6.45, 7) is 2.59. The van der Waals surface area contributed by atoms with Crippen molar-refractivity contribution in [2.75, 3.05) is 31.1 Å². The molecule has 0 bridgehead atoms. The fraction of sp³-hybridized carbons (Fsp3) is 0.263. The molecular weight excluding hydrogens is 330 g/mol. The summed E-state index contributed by atoms with van der Waals surface area (Å²) in [5, 5.41) is 2.27. The van der Waals surface area contributed by atoms with Crippen LogP contribution >= 0.6 is 0 Å². The van der Waals surface area contributed by atoms with Gasteiger partial charge in [0.25, 0.3) is 11.5 Å². The Morgan fingerprint density at radius 1 is 1.08 bits per heavy atom. The Morgan fingerprint density at radius 2 is 1.85 bits per heavy atom. The highest BCUT2D eigenvalue weighted by Gasteiger charge is 2.24. The lowest BCUT2D eigenvalue weighted by molar-refractivity contribution is 0.0740. The summed E-state index contributed by atoms with van der Waals surface area (Å²) in [4.78, 5) is 36.7. The molecule has 7 nitrogen and oxygen atoms in total. The van der Waals surface area contributed by atoms with Gasteiger partial charge in [-0.15, -0.1) is 0 Å². The van der Waals surface area contributed by atoms with E-state index in [1.165, 1.54) is 17.0 Å². The number of carbonyl (C=O) groups is 1. The molecule has 1 aliphatic heterocycles. The van der Waals surface area contributed by atoms with Crippen molar-refractivity contribution in [2.24, 2.45) is 7.05 Å². The first-order valence-electron chi connectivity index (χ1n) is 8.53. The van der Waals surface area contributed by atoms with Crippen molar-refractivity contribution in [3.63, 3.8) is 0 Å². The average molecular weight is 349 g/mol. The van der Waals surface area contributed by atoms with E-state index in [0.29, 0.717) is 26.2 Å². The van der Waals surface area contributed by atoms with Gasteiger partial charge in [0.05, 0.1) is 18.2 Å². The summed E-state index contributed by atoms with van der Waals surface area (Å²) < 4.78 is 1.35. The predicted molar refractivity (Wildman–Crippen MR) is 99.3 cm³/mol. The second-order valence-electron chi connectivity index (χ2n) is 6.38. The number of pyridine rings is 1. The van der Waals surface area contributed by atoms with Crippen LogP contribution in [-0.2, 0) is 7.05 Å². The zero-order valence-corrected chi connectivity index (χ0v) is 14.5. The average Bonchev–Trinajstić information content (AvgIpc) is 2.69. The van der Waals surface area contributed by atoms with Crippen molar-refractivity contribution in [3.05, 3.63) is 65.1 Å². The van der Waals surface area contributed by atoms with E-state index in [0.717, 1.165) is 16.5 Å². The van der Waals surface area contributed by atoms with Gasteiger partial charge in [-0.1, -0.05) is 24.3 Å². The minimum Gasteiger partial charge on any atom is -0.366 e. The van der Waals surface area contributed by atoms with E-state index >= 15 is 0 Å². The van der Waals surface area contributed by atoms with Crippen molar-refractivity contribution in [2.45, 2.75) is 0 Å². The molecule has 0 aliphatic carbocycles. The normalized spacial score (nSPS) is 14.7. The minimum atomic E-state index is -0.233. The molecule has 1 aliphatic rings. The van der Waals surface area contributed by atoms with Gasteiger partial charge in [0.15, 0.2) is 0 Å². The minimum absolute atomic E-state index is 0.196. The number of carbonyl (C=O) groups excluding carboxylic acids is 1. The summed E-state index contributed by atoms with van der Waals surface area (Å²) in [6, 6.07) is 9.46.